The average molecular weight is 381 g/mol. The molecule has 1 aromatic carbocycles. The molecule has 1 aromatic rings. The van der Waals surface area contributed by atoms with Gasteiger partial charge in [-0.2, -0.15) is 0 Å². The molecule has 2 aliphatic heterocycles. The van der Waals surface area contributed by atoms with Gasteiger partial charge in [0.15, 0.2) is 0 Å². The van der Waals surface area contributed by atoms with Crippen LogP contribution in [0.25, 0.3) is 0 Å². The molecule has 4 aliphatic rings. The molecule has 0 bridgehead atoms. The van der Waals surface area contributed by atoms with E-state index in [-0.39, 0.29) is 5.41 Å². The van der Waals surface area contributed by atoms with Gasteiger partial charge >= 0.3 is 0 Å². The van der Waals surface area contributed by atoms with E-state index in [9.17, 15) is 9.59 Å². The van der Waals surface area contributed by atoms with Crippen molar-refractivity contribution in [2.24, 2.45) is 5.92 Å². The molecule has 2 heterocycles. The molecule has 3 fully saturated rings. The number of amides is 2. The monoisotopic (exact) mass is 380 g/mol. The first-order chi connectivity index (χ1) is 13.6. The Morgan fingerprint density at radius 2 is 1.54 bits per heavy atom. The van der Waals surface area contributed by atoms with E-state index < -0.39 is 0 Å². The molecule has 1 saturated carbocycles. The van der Waals surface area contributed by atoms with Crippen LogP contribution in [0.5, 0.6) is 0 Å². The van der Waals surface area contributed by atoms with Crippen molar-refractivity contribution in [2.45, 2.75) is 69.1 Å². The third kappa shape index (κ3) is 3.35. The number of benzene rings is 1. The van der Waals surface area contributed by atoms with Gasteiger partial charge in [-0.15, -0.1) is 0 Å². The molecule has 0 N–H and O–H groups in total. The average Bonchev–Trinajstić information content (AvgIpc) is 3.26. The number of likely N-dealkylation sites (tertiary alicyclic amines) is 2. The summed E-state index contributed by atoms with van der Waals surface area (Å²) in [4.78, 5) is 29.5. The summed E-state index contributed by atoms with van der Waals surface area (Å²) in [6.07, 6.45) is 9.39. The van der Waals surface area contributed by atoms with Crippen LogP contribution in [0, 0.1) is 5.92 Å². The molecule has 0 aromatic heterocycles. The van der Waals surface area contributed by atoms with Gasteiger partial charge in [0.1, 0.15) is 0 Å². The van der Waals surface area contributed by atoms with E-state index in [0.717, 1.165) is 64.7 Å². The number of piperidine rings is 1. The predicted molar refractivity (Wildman–Crippen MR) is 109 cm³/mol. The molecular weight excluding hydrogens is 348 g/mol. The minimum Gasteiger partial charge on any atom is -0.343 e. The van der Waals surface area contributed by atoms with E-state index in [1.807, 2.05) is 0 Å². The predicted octanol–water partition coefficient (Wildman–Crippen LogP) is 3.85. The second-order valence-corrected chi connectivity index (χ2v) is 9.59. The fourth-order valence-corrected chi connectivity index (χ4v) is 5.87. The smallest absolute Gasteiger partial charge is 0.223 e. The van der Waals surface area contributed by atoms with Gasteiger partial charge in [0.05, 0.1) is 0 Å². The lowest BCUT2D eigenvalue weighted by atomic mass is 9.73. The SMILES string of the molecule is O=C(CC1CC1)N1CCC2(CC1)C[C@H](CC(=O)N1CCCC1)c1ccccc12. The topological polar surface area (TPSA) is 40.6 Å². The zero-order valence-corrected chi connectivity index (χ0v) is 16.9. The lowest BCUT2D eigenvalue weighted by Gasteiger charge is -2.40. The zero-order chi connectivity index (χ0) is 19.1. The van der Waals surface area contributed by atoms with Crippen LogP contribution in [0.2, 0.25) is 0 Å². The quantitative estimate of drug-likeness (QED) is 0.796. The summed E-state index contributed by atoms with van der Waals surface area (Å²) in [5, 5.41) is 0. The summed E-state index contributed by atoms with van der Waals surface area (Å²) < 4.78 is 0. The van der Waals surface area contributed by atoms with Crippen LogP contribution in [0.4, 0.5) is 0 Å². The van der Waals surface area contributed by atoms with E-state index >= 15 is 0 Å². The van der Waals surface area contributed by atoms with Crippen LogP contribution in [0.15, 0.2) is 24.3 Å². The standard InChI is InChI=1S/C24H32N2O2/c27-22(15-18-7-8-18)26-13-9-24(10-14-26)17-19(20-5-1-2-6-21(20)24)16-23(28)25-11-3-4-12-25/h1-2,5-6,18-19H,3-4,7-17H2/t19-/m0/s1. The van der Waals surface area contributed by atoms with Gasteiger partial charge < -0.3 is 9.80 Å². The zero-order valence-electron chi connectivity index (χ0n) is 16.9. The summed E-state index contributed by atoms with van der Waals surface area (Å²) in [6, 6.07) is 8.81. The second-order valence-electron chi connectivity index (χ2n) is 9.59. The molecule has 4 heteroatoms. The van der Waals surface area contributed by atoms with Gasteiger partial charge in [-0.25, -0.2) is 0 Å². The maximum atomic E-state index is 12.8. The molecule has 2 aliphatic carbocycles. The highest BCUT2D eigenvalue weighted by molar-refractivity contribution is 5.78. The van der Waals surface area contributed by atoms with E-state index in [4.69, 9.17) is 0 Å². The van der Waals surface area contributed by atoms with E-state index in [0.29, 0.717) is 30.1 Å². The number of carbonyl (C=O) groups excluding carboxylic acids is 2. The molecule has 0 radical (unpaired) electrons. The number of hydrogen-bond donors (Lipinski definition) is 0. The second kappa shape index (κ2) is 7.20. The van der Waals surface area contributed by atoms with Crippen LogP contribution in [-0.4, -0.2) is 47.8 Å². The van der Waals surface area contributed by atoms with Crippen LogP contribution in [-0.2, 0) is 15.0 Å². The molecule has 2 amide bonds. The van der Waals surface area contributed by atoms with Gasteiger partial charge in [0.2, 0.25) is 11.8 Å². The first-order valence-corrected chi connectivity index (χ1v) is 11.3. The molecule has 5 rings (SSSR count). The first-order valence-electron chi connectivity index (χ1n) is 11.3. The Balaban J connectivity index is 1.29. The maximum absolute atomic E-state index is 12.8. The van der Waals surface area contributed by atoms with Crippen molar-refractivity contribution in [3.8, 4) is 0 Å². The highest BCUT2D eigenvalue weighted by Crippen LogP contribution is 2.53. The largest absolute Gasteiger partial charge is 0.343 e. The van der Waals surface area contributed by atoms with Crippen molar-refractivity contribution in [1.29, 1.82) is 0 Å². The Kier molecular flexibility index (Phi) is 4.68. The number of carbonyl (C=O) groups is 2. The fourth-order valence-electron chi connectivity index (χ4n) is 5.87. The molecule has 0 unspecified atom stereocenters. The summed E-state index contributed by atoms with van der Waals surface area (Å²) >= 11 is 0. The molecule has 150 valence electrons. The first kappa shape index (κ1) is 18.2. The minimum absolute atomic E-state index is 0.170. The third-order valence-corrected chi connectivity index (χ3v) is 7.72. The minimum atomic E-state index is 0.170. The summed E-state index contributed by atoms with van der Waals surface area (Å²) in [6.45, 7) is 3.65. The van der Waals surface area contributed by atoms with Crippen LogP contribution >= 0.6 is 0 Å². The Morgan fingerprint density at radius 1 is 0.893 bits per heavy atom. The molecule has 28 heavy (non-hydrogen) atoms. The van der Waals surface area contributed by atoms with Crippen LogP contribution in [0.3, 0.4) is 0 Å². The normalized spacial score (nSPS) is 25.9. The lowest BCUT2D eigenvalue weighted by molar-refractivity contribution is -0.133. The van der Waals surface area contributed by atoms with Gasteiger partial charge in [0, 0.05) is 39.0 Å². The fraction of sp³-hybridized carbons (Fsp3) is 0.667. The van der Waals surface area contributed by atoms with Crippen LogP contribution < -0.4 is 0 Å². The molecule has 1 atom stereocenters. The van der Waals surface area contributed by atoms with Gasteiger partial charge in [-0.05, 0) is 73.3 Å². The van der Waals surface area contributed by atoms with E-state index in [2.05, 4.69) is 34.1 Å². The summed E-state index contributed by atoms with van der Waals surface area (Å²) in [5.41, 5.74) is 3.03. The highest BCUT2D eigenvalue weighted by Gasteiger charge is 2.46. The Labute approximate surface area is 168 Å². The van der Waals surface area contributed by atoms with E-state index in [1.165, 1.54) is 24.0 Å². The molecule has 2 saturated heterocycles. The highest BCUT2D eigenvalue weighted by atomic mass is 16.2. The van der Waals surface area contributed by atoms with Crippen molar-refractivity contribution < 1.29 is 9.59 Å². The molecule has 1 spiro atoms. The van der Waals surface area contributed by atoms with Gasteiger partial charge in [-0.3, -0.25) is 9.59 Å². The summed E-state index contributed by atoms with van der Waals surface area (Å²) in [7, 11) is 0. The van der Waals surface area contributed by atoms with E-state index in [1.54, 1.807) is 0 Å². The van der Waals surface area contributed by atoms with Crippen molar-refractivity contribution in [1.82, 2.24) is 9.80 Å². The van der Waals surface area contributed by atoms with Gasteiger partial charge in [-0.1, -0.05) is 24.3 Å². The lowest BCUT2D eigenvalue weighted by Crippen LogP contribution is -2.44. The van der Waals surface area contributed by atoms with Crippen LogP contribution in [0.1, 0.15) is 74.8 Å². The van der Waals surface area contributed by atoms with Crippen molar-refractivity contribution in [3.63, 3.8) is 0 Å². The molecular formula is C24H32N2O2. The Morgan fingerprint density at radius 3 is 2.25 bits per heavy atom. The van der Waals surface area contributed by atoms with Crippen molar-refractivity contribution in [2.75, 3.05) is 26.2 Å². The van der Waals surface area contributed by atoms with Crippen molar-refractivity contribution in [3.05, 3.63) is 35.4 Å². The van der Waals surface area contributed by atoms with Crippen molar-refractivity contribution >= 4 is 11.8 Å². The maximum Gasteiger partial charge on any atom is 0.223 e. The number of fused-ring (bicyclic) bond motifs is 2. The summed E-state index contributed by atoms with van der Waals surface area (Å²) in [5.74, 6) is 1.71. The number of rotatable bonds is 4. The Bertz CT molecular complexity index is 756. The Hall–Kier alpha value is -1.84. The molecule has 4 nitrogen and oxygen atoms in total. The number of hydrogen-bond acceptors (Lipinski definition) is 2. The van der Waals surface area contributed by atoms with Gasteiger partial charge in [0.25, 0.3) is 0 Å². The number of nitrogens with zero attached hydrogens (tertiary/aromatic N) is 2. The third-order valence-electron chi connectivity index (χ3n) is 7.72.